The van der Waals surface area contributed by atoms with Gasteiger partial charge in [-0.3, -0.25) is 4.79 Å². The first-order chi connectivity index (χ1) is 11.7. The number of hydrogen-bond donors (Lipinski definition) is 0. The molecule has 2 heterocycles. The number of nitrogens with zero attached hydrogens (tertiary/aromatic N) is 3. The predicted octanol–water partition coefficient (Wildman–Crippen LogP) is 3.89. The van der Waals surface area contributed by atoms with Crippen molar-refractivity contribution in [2.24, 2.45) is 0 Å². The van der Waals surface area contributed by atoms with E-state index in [4.69, 9.17) is 4.98 Å². The Balaban J connectivity index is 1.72. The summed E-state index contributed by atoms with van der Waals surface area (Å²) < 4.78 is 2.24. The summed E-state index contributed by atoms with van der Waals surface area (Å²) in [5, 5.41) is 0. The highest BCUT2D eigenvalue weighted by Gasteiger charge is 2.35. The minimum Gasteiger partial charge on any atom is -0.328 e. The number of benzene rings is 2. The lowest BCUT2D eigenvalue weighted by Crippen LogP contribution is -2.25. The highest BCUT2D eigenvalue weighted by atomic mass is 16.2. The molecule has 0 spiro atoms. The molecule has 1 saturated heterocycles. The van der Waals surface area contributed by atoms with Crippen LogP contribution >= 0.6 is 0 Å². The van der Waals surface area contributed by atoms with Crippen LogP contribution < -0.4 is 4.90 Å². The van der Waals surface area contributed by atoms with Crippen molar-refractivity contribution in [1.82, 2.24) is 9.55 Å². The van der Waals surface area contributed by atoms with Crippen LogP contribution in [0.3, 0.4) is 0 Å². The number of anilines is 1. The summed E-state index contributed by atoms with van der Waals surface area (Å²) >= 11 is 0. The summed E-state index contributed by atoms with van der Waals surface area (Å²) in [6, 6.07) is 16.3. The van der Waals surface area contributed by atoms with Crippen LogP contribution in [0.5, 0.6) is 0 Å². The molecule has 1 aliphatic heterocycles. The third-order valence-electron chi connectivity index (χ3n) is 4.90. The van der Waals surface area contributed by atoms with Crippen molar-refractivity contribution in [3.8, 4) is 0 Å². The average molecular weight is 319 g/mol. The van der Waals surface area contributed by atoms with Gasteiger partial charge in [-0.25, -0.2) is 4.98 Å². The van der Waals surface area contributed by atoms with Gasteiger partial charge in [0.1, 0.15) is 5.82 Å². The number of carbonyl (C=O) groups is 1. The van der Waals surface area contributed by atoms with Crippen molar-refractivity contribution in [1.29, 1.82) is 0 Å². The van der Waals surface area contributed by atoms with Crippen molar-refractivity contribution < 1.29 is 4.79 Å². The lowest BCUT2D eigenvalue weighted by atomic mass is 10.1. The second-order valence-corrected chi connectivity index (χ2v) is 6.39. The number of aryl methyl sites for hydroxylation is 2. The zero-order valence-electron chi connectivity index (χ0n) is 14.1. The van der Waals surface area contributed by atoms with Crippen molar-refractivity contribution in [2.75, 3.05) is 11.4 Å². The molecule has 1 amide bonds. The molecule has 0 bridgehead atoms. The summed E-state index contributed by atoms with van der Waals surface area (Å²) in [4.78, 5) is 19.4. The average Bonchev–Trinajstić information content (AvgIpc) is 3.15. The lowest BCUT2D eigenvalue weighted by Gasteiger charge is -2.19. The summed E-state index contributed by atoms with van der Waals surface area (Å²) in [5.41, 5.74) is 4.31. The maximum absolute atomic E-state index is 12.6. The molecule has 0 N–H and O–H groups in total. The van der Waals surface area contributed by atoms with E-state index >= 15 is 0 Å². The molecule has 4 rings (SSSR count). The number of para-hydroxylation sites is 3. The van der Waals surface area contributed by atoms with Gasteiger partial charge in [0.15, 0.2) is 0 Å². The van der Waals surface area contributed by atoms with Crippen molar-refractivity contribution in [2.45, 2.75) is 32.7 Å². The van der Waals surface area contributed by atoms with E-state index < -0.39 is 0 Å². The van der Waals surface area contributed by atoms with E-state index in [0.29, 0.717) is 13.0 Å². The van der Waals surface area contributed by atoms with Crippen LogP contribution in [-0.4, -0.2) is 22.0 Å². The molecule has 4 nitrogen and oxygen atoms in total. The molecule has 0 aliphatic carbocycles. The number of aromatic nitrogens is 2. The SMILES string of the molecule is CCn1c([C@@H]2CC(=O)N(c3ccccc3C)C2)nc2ccccc21. The maximum Gasteiger partial charge on any atom is 0.227 e. The summed E-state index contributed by atoms with van der Waals surface area (Å²) in [6.07, 6.45) is 0.525. The second kappa shape index (κ2) is 5.78. The Labute approximate surface area is 141 Å². The van der Waals surface area contributed by atoms with Crippen LogP contribution in [0.15, 0.2) is 48.5 Å². The third-order valence-corrected chi connectivity index (χ3v) is 4.90. The smallest absolute Gasteiger partial charge is 0.227 e. The molecule has 4 heteroatoms. The highest BCUT2D eigenvalue weighted by Crippen LogP contribution is 2.34. The van der Waals surface area contributed by atoms with Gasteiger partial charge >= 0.3 is 0 Å². The summed E-state index contributed by atoms with van der Waals surface area (Å²) in [6.45, 7) is 5.75. The monoisotopic (exact) mass is 319 g/mol. The van der Waals surface area contributed by atoms with Gasteiger partial charge in [0.05, 0.1) is 11.0 Å². The molecule has 122 valence electrons. The Hall–Kier alpha value is -2.62. The fourth-order valence-corrected chi connectivity index (χ4v) is 3.72. The van der Waals surface area contributed by atoms with Crippen LogP contribution in [0.2, 0.25) is 0 Å². The number of rotatable bonds is 3. The fourth-order valence-electron chi connectivity index (χ4n) is 3.72. The maximum atomic E-state index is 12.6. The molecule has 2 aromatic carbocycles. The van der Waals surface area contributed by atoms with E-state index in [1.807, 2.05) is 41.3 Å². The van der Waals surface area contributed by atoms with Gasteiger partial charge in [0.2, 0.25) is 5.91 Å². The largest absolute Gasteiger partial charge is 0.328 e. The molecule has 1 aliphatic rings. The number of hydrogen-bond acceptors (Lipinski definition) is 2. The van der Waals surface area contributed by atoms with Gasteiger partial charge < -0.3 is 9.47 Å². The topological polar surface area (TPSA) is 38.1 Å². The molecule has 0 unspecified atom stereocenters. The van der Waals surface area contributed by atoms with Gasteiger partial charge in [0.25, 0.3) is 0 Å². The molecule has 0 radical (unpaired) electrons. The summed E-state index contributed by atoms with van der Waals surface area (Å²) in [7, 11) is 0. The number of fused-ring (bicyclic) bond motifs is 1. The molecule has 1 fully saturated rings. The molecule has 3 aromatic rings. The van der Waals surface area contributed by atoms with Crippen molar-refractivity contribution >= 4 is 22.6 Å². The van der Waals surface area contributed by atoms with Crippen LogP contribution in [0.25, 0.3) is 11.0 Å². The third kappa shape index (κ3) is 2.30. The second-order valence-electron chi connectivity index (χ2n) is 6.39. The van der Waals surface area contributed by atoms with Crippen LogP contribution in [0, 0.1) is 6.92 Å². The zero-order valence-corrected chi connectivity index (χ0v) is 14.1. The Bertz CT molecular complexity index is 912. The predicted molar refractivity (Wildman–Crippen MR) is 96.3 cm³/mol. The Morgan fingerprint density at radius 1 is 1.12 bits per heavy atom. The van der Waals surface area contributed by atoms with Gasteiger partial charge in [-0.2, -0.15) is 0 Å². The fraction of sp³-hybridized carbons (Fsp3) is 0.300. The van der Waals surface area contributed by atoms with E-state index in [1.54, 1.807) is 0 Å². The first-order valence-corrected chi connectivity index (χ1v) is 8.50. The first kappa shape index (κ1) is 14.9. The van der Waals surface area contributed by atoms with Gasteiger partial charge in [-0.1, -0.05) is 30.3 Å². The molecule has 0 saturated carbocycles. The van der Waals surface area contributed by atoms with Gasteiger partial charge in [0, 0.05) is 31.1 Å². The van der Waals surface area contributed by atoms with Crippen LogP contribution in [0.1, 0.15) is 30.7 Å². The molecule has 24 heavy (non-hydrogen) atoms. The molecule has 1 atom stereocenters. The Kier molecular flexibility index (Phi) is 3.60. The van der Waals surface area contributed by atoms with E-state index in [1.165, 1.54) is 0 Å². The standard InChI is InChI=1S/C20H21N3O/c1-3-22-18-11-7-5-9-16(18)21-20(22)15-12-19(24)23(13-15)17-10-6-4-8-14(17)2/h4-11,15H,3,12-13H2,1-2H3/t15-/m1/s1. The summed E-state index contributed by atoms with van der Waals surface area (Å²) in [5.74, 6) is 1.36. The minimum absolute atomic E-state index is 0.143. The quantitative estimate of drug-likeness (QED) is 0.734. The van der Waals surface area contributed by atoms with Crippen molar-refractivity contribution in [3.63, 3.8) is 0 Å². The Morgan fingerprint density at radius 3 is 2.67 bits per heavy atom. The van der Waals surface area contributed by atoms with E-state index in [9.17, 15) is 4.79 Å². The highest BCUT2D eigenvalue weighted by molar-refractivity contribution is 5.97. The lowest BCUT2D eigenvalue weighted by molar-refractivity contribution is -0.117. The van der Waals surface area contributed by atoms with Gasteiger partial charge in [-0.05, 0) is 37.6 Å². The van der Waals surface area contributed by atoms with Crippen LogP contribution in [-0.2, 0) is 11.3 Å². The Morgan fingerprint density at radius 2 is 1.88 bits per heavy atom. The molecular formula is C20H21N3O. The van der Waals surface area contributed by atoms with E-state index in [-0.39, 0.29) is 11.8 Å². The zero-order chi connectivity index (χ0) is 16.7. The molecular weight excluding hydrogens is 298 g/mol. The number of carbonyl (C=O) groups excluding carboxylic acids is 1. The number of imidazole rings is 1. The normalized spacial score (nSPS) is 17.8. The van der Waals surface area contributed by atoms with E-state index in [0.717, 1.165) is 34.7 Å². The first-order valence-electron chi connectivity index (χ1n) is 8.50. The molecule has 1 aromatic heterocycles. The number of amides is 1. The minimum atomic E-state index is 0.143. The van der Waals surface area contributed by atoms with Gasteiger partial charge in [-0.15, -0.1) is 0 Å². The van der Waals surface area contributed by atoms with Crippen molar-refractivity contribution in [3.05, 3.63) is 59.9 Å². The van der Waals surface area contributed by atoms with Crippen LogP contribution in [0.4, 0.5) is 5.69 Å². The van der Waals surface area contributed by atoms with E-state index in [2.05, 4.69) is 30.5 Å².